The summed E-state index contributed by atoms with van der Waals surface area (Å²) in [6, 6.07) is 2.58. The number of alkyl halides is 2. The molecule has 0 aliphatic rings. The van der Waals surface area contributed by atoms with E-state index in [-0.39, 0.29) is 0 Å². The maximum atomic E-state index is 10.8. The second-order valence-electron chi connectivity index (χ2n) is 4.29. The molecule has 8 heteroatoms. The Labute approximate surface area is 171 Å². The van der Waals surface area contributed by atoms with Crippen LogP contribution in [0.2, 0.25) is 0 Å². The summed E-state index contributed by atoms with van der Waals surface area (Å²) in [5.74, 6) is 5.34. The fourth-order valence-electron chi connectivity index (χ4n) is 1.15. The lowest BCUT2D eigenvalue weighted by atomic mass is 10.3. The van der Waals surface area contributed by atoms with Crippen molar-refractivity contribution in [1.82, 2.24) is 10.2 Å². The second-order valence-corrected chi connectivity index (χ2v) is 5.82. The number of unbranched alkanes of at least 4 members (excludes halogenated alkanes) is 2. The van der Waals surface area contributed by atoms with Crippen molar-refractivity contribution in [3.05, 3.63) is 0 Å². The Balaban J connectivity index is 0. The van der Waals surface area contributed by atoms with Gasteiger partial charge in [0.15, 0.2) is 0 Å². The van der Waals surface area contributed by atoms with Crippen molar-refractivity contribution in [3.8, 4) is 24.0 Å². The van der Waals surface area contributed by atoms with Crippen LogP contribution in [-0.4, -0.2) is 44.1 Å². The third-order valence-corrected chi connectivity index (χ3v) is 3.09. The van der Waals surface area contributed by atoms with Gasteiger partial charge in [-0.25, -0.2) is 14.5 Å². The summed E-state index contributed by atoms with van der Waals surface area (Å²) in [4.78, 5) is 22.4. The van der Waals surface area contributed by atoms with Gasteiger partial charge in [-0.05, 0) is 18.8 Å². The molecule has 0 aliphatic heterocycles. The van der Waals surface area contributed by atoms with Gasteiger partial charge in [0.25, 0.3) is 0 Å². The number of amides is 2. The minimum absolute atomic E-state index is 0.458. The first-order chi connectivity index (χ1) is 11.5. The third kappa shape index (κ3) is 19.2. The van der Waals surface area contributed by atoms with Crippen molar-refractivity contribution in [3.63, 3.8) is 0 Å². The van der Waals surface area contributed by atoms with Crippen LogP contribution in [0, 0.1) is 24.0 Å². The molecule has 136 valence electrons. The van der Waals surface area contributed by atoms with E-state index in [0.29, 0.717) is 21.9 Å². The van der Waals surface area contributed by atoms with Gasteiger partial charge in [-0.1, -0.05) is 77.8 Å². The molecule has 0 aromatic rings. The van der Waals surface area contributed by atoms with E-state index >= 15 is 0 Å². The van der Waals surface area contributed by atoms with Crippen LogP contribution in [0.3, 0.4) is 0 Å². The number of alkyl carbamates (subject to hydrolysis) is 1. The smallest absolute Gasteiger partial charge is 0.421 e. The van der Waals surface area contributed by atoms with E-state index in [2.05, 4.69) is 86.2 Å². The molecular formula is C16H24I2N2O4. The molecule has 24 heavy (non-hydrogen) atoms. The molecule has 0 unspecified atom stereocenters. The summed E-state index contributed by atoms with van der Waals surface area (Å²) < 4.78 is 5.84. The molecular weight excluding hydrogens is 538 g/mol. The molecule has 0 fully saturated rings. The molecule has 0 spiro atoms. The van der Waals surface area contributed by atoms with Gasteiger partial charge in [0.05, 0.1) is 8.86 Å². The molecule has 2 amide bonds. The number of ether oxygens (including phenoxy) is 1. The molecule has 6 nitrogen and oxygen atoms in total. The van der Waals surface area contributed by atoms with E-state index in [9.17, 15) is 9.59 Å². The van der Waals surface area contributed by atoms with Crippen LogP contribution in [0.4, 0.5) is 9.59 Å². The zero-order valence-corrected chi connectivity index (χ0v) is 18.3. The molecule has 0 saturated carbocycles. The van der Waals surface area contributed by atoms with Gasteiger partial charge in [0.1, 0.15) is 6.11 Å². The van der Waals surface area contributed by atoms with Crippen molar-refractivity contribution in [2.45, 2.75) is 39.5 Å². The monoisotopic (exact) mass is 562 g/mol. The Morgan fingerprint density at radius 3 is 2.25 bits per heavy atom. The molecule has 0 bridgehead atoms. The Morgan fingerprint density at radius 2 is 1.75 bits per heavy atom. The molecule has 0 aromatic heterocycles. The number of rotatable bonds is 6. The van der Waals surface area contributed by atoms with Crippen LogP contribution < -0.4 is 5.32 Å². The zero-order valence-electron chi connectivity index (χ0n) is 14.0. The molecule has 0 heterocycles. The number of nitrogens with one attached hydrogen (secondary N) is 1. The summed E-state index contributed by atoms with van der Waals surface area (Å²) in [6.45, 7) is 5.24. The highest BCUT2D eigenvalue weighted by Crippen LogP contribution is 1.93. The van der Waals surface area contributed by atoms with E-state index in [0.717, 1.165) is 30.6 Å². The number of halogens is 2. The molecule has 0 rings (SSSR count). The first-order valence-electron chi connectivity index (χ1n) is 7.56. The standard InChI is InChI=1S/2C8H12INO2/c1-2-3-6-10-8(11)12-7-4-5-9;1-2-3-6-10(8(11)12)7-4-5-9/h2-3,5-6H2,1H3,(H,10,11);2-3,5-6H2,1H3,(H,11,12). The molecule has 0 aliphatic carbocycles. The van der Waals surface area contributed by atoms with Gasteiger partial charge in [-0.2, -0.15) is 0 Å². The van der Waals surface area contributed by atoms with E-state index in [1.54, 1.807) is 0 Å². The predicted molar refractivity (Wildman–Crippen MR) is 112 cm³/mol. The summed E-state index contributed by atoms with van der Waals surface area (Å²) in [5, 5.41) is 11.2. The minimum Gasteiger partial charge on any atom is -0.464 e. The fraction of sp³-hybridized carbons (Fsp3) is 0.625. The third-order valence-electron chi connectivity index (χ3n) is 2.33. The van der Waals surface area contributed by atoms with Crippen LogP contribution in [0.5, 0.6) is 0 Å². The lowest BCUT2D eigenvalue weighted by Crippen LogP contribution is -2.25. The van der Waals surface area contributed by atoms with Crippen molar-refractivity contribution in [2.75, 3.05) is 21.9 Å². The van der Waals surface area contributed by atoms with Crippen LogP contribution in [0.1, 0.15) is 39.5 Å². The van der Waals surface area contributed by atoms with Crippen LogP contribution in [0.25, 0.3) is 0 Å². The Hall–Kier alpha value is -0.880. The maximum Gasteiger partial charge on any atom is 0.421 e. The topological polar surface area (TPSA) is 78.9 Å². The second kappa shape index (κ2) is 20.2. The van der Waals surface area contributed by atoms with Crippen molar-refractivity contribution in [2.24, 2.45) is 0 Å². The van der Waals surface area contributed by atoms with Gasteiger partial charge in [0.2, 0.25) is 0 Å². The van der Waals surface area contributed by atoms with Gasteiger partial charge in [-0.3, -0.25) is 0 Å². The summed E-state index contributed by atoms with van der Waals surface area (Å²) in [5.41, 5.74) is 0. The molecule has 0 aromatic carbocycles. The maximum absolute atomic E-state index is 10.8. The predicted octanol–water partition coefficient (Wildman–Crippen LogP) is 4.07. The quantitative estimate of drug-likeness (QED) is 0.168. The van der Waals surface area contributed by atoms with Crippen molar-refractivity contribution in [1.29, 1.82) is 0 Å². The van der Waals surface area contributed by atoms with Gasteiger partial charge in [-0.15, -0.1) is 0 Å². The zero-order chi connectivity index (χ0) is 18.6. The number of carbonyl (C=O) groups is 2. The Kier molecular flexibility index (Phi) is 21.3. The first-order valence-corrected chi connectivity index (χ1v) is 10.6. The van der Waals surface area contributed by atoms with Crippen molar-refractivity contribution >= 4 is 57.4 Å². The van der Waals surface area contributed by atoms with Crippen LogP contribution >= 0.6 is 45.2 Å². The SMILES string of the molecule is CCCCN(C#CCI)C(=O)O.CCCCNC(=O)OC#CCI. The highest BCUT2D eigenvalue weighted by atomic mass is 127. The van der Waals surface area contributed by atoms with Crippen LogP contribution in [0.15, 0.2) is 0 Å². The van der Waals surface area contributed by atoms with Gasteiger partial charge in [0, 0.05) is 19.1 Å². The van der Waals surface area contributed by atoms with Crippen molar-refractivity contribution < 1.29 is 19.4 Å². The average molecular weight is 562 g/mol. The van der Waals surface area contributed by atoms with E-state index in [1.165, 1.54) is 0 Å². The first kappa shape index (κ1) is 25.4. The van der Waals surface area contributed by atoms with E-state index < -0.39 is 12.2 Å². The molecule has 2 N–H and O–H groups in total. The summed E-state index contributed by atoms with van der Waals surface area (Å²) in [7, 11) is 0. The molecule has 0 saturated heterocycles. The number of carboxylic acid groups (broad SMARTS) is 1. The van der Waals surface area contributed by atoms with Gasteiger partial charge >= 0.3 is 12.2 Å². The largest absolute Gasteiger partial charge is 0.464 e. The summed E-state index contributed by atoms with van der Waals surface area (Å²) in [6.07, 6.45) is 4.74. The summed E-state index contributed by atoms with van der Waals surface area (Å²) >= 11 is 4.17. The Bertz CT molecular complexity index is 462. The van der Waals surface area contributed by atoms with E-state index in [4.69, 9.17) is 5.11 Å². The average Bonchev–Trinajstić information content (AvgIpc) is 2.56. The number of hydrogen-bond acceptors (Lipinski definition) is 3. The highest BCUT2D eigenvalue weighted by Gasteiger charge is 2.06. The number of carbonyl (C=O) groups excluding carboxylic acids is 1. The lowest BCUT2D eigenvalue weighted by Gasteiger charge is -2.09. The minimum atomic E-state index is -0.958. The van der Waals surface area contributed by atoms with Gasteiger partial charge < -0.3 is 15.2 Å². The molecule has 0 atom stereocenters. The molecule has 0 radical (unpaired) electrons. The number of nitrogens with zero attached hydrogens (tertiary/aromatic N) is 1. The lowest BCUT2D eigenvalue weighted by molar-refractivity contribution is 0.165. The Morgan fingerprint density at radius 1 is 1.12 bits per heavy atom. The van der Waals surface area contributed by atoms with Crippen LogP contribution in [-0.2, 0) is 4.74 Å². The highest BCUT2D eigenvalue weighted by molar-refractivity contribution is 14.1. The van der Waals surface area contributed by atoms with E-state index in [1.807, 2.05) is 6.92 Å². The fourth-order valence-corrected chi connectivity index (χ4v) is 1.48. The number of hydrogen-bond donors (Lipinski definition) is 2. The normalized spacial score (nSPS) is 8.33.